The zero-order chi connectivity index (χ0) is 17.6. The molecule has 4 rings (SSSR count). The third-order valence-electron chi connectivity index (χ3n) is 5.48. The second-order valence-corrected chi connectivity index (χ2v) is 6.86. The molecule has 7 heteroatoms. The molecule has 1 aromatic carbocycles. The van der Waals surface area contributed by atoms with Crippen molar-refractivity contribution < 1.29 is 19.1 Å². The molecule has 130 valence electrons. The molecule has 0 unspecified atom stereocenters. The van der Waals surface area contributed by atoms with Gasteiger partial charge in [-0.25, -0.2) is 9.07 Å². The van der Waals surface area contributed by atoms with Gasteiger partial charge in [0.15, 0.2) is 5.69 Å². The molecule has 2 atom stereocenters. The summed E-state index contributed by atoms with van der Waals surface area (Å²) in [5.74, 6) is -1.37. The maximum Gasteiger partial charge on any atom is 0.311 e. The van der Waals surface area contributed by atoms with Crippen LogP contribution in [-0.4, -0.2) is 44.8 Å². The van der Waals surface area contributed by atoms with Crippen LogP contribution in [0.1, 0.15) is 29.8 Å². The first-order chi connectivity index (χ1) is 12.0. The van der Waals surface area contributed by atoms with Gasteiger partial charge in [0.1, 0.15) is 5.82 Å². The van der Waals surface area contributed by atoms with Crippen LogP contribution in [0.15, 0.2) is 36.5 Å². The first-order valence-corrected chi connectivity index (χ1v) is 8.34. The third-order valence-corrected chi connectivity index (χ3v) is 5.48. The summed E-state index contributed by atoms with van der Waals surface area (Å²) in [5, 5.41) is 13.9. The largest absolute Gasteiger partial charge is 0.481 e. The molecule has 6 nitrogen and oxygen atoms in total. The summed E-state index contributed by atoms with van der Waals surface area (Å²) in [6.45, 7) is 0.712. The van der Waals surface area contributed by atoms with Crippen LogP contribution in [0.5, 0.6) is 0 Å². The number of carbonyl (C=O) groups excluding carboxylic acids is 1. The lowest BCUT2D eigenvalue weighted by atomic mass is 9.81. The highest BCUT2D eigenvalue weighted by atomic mass is 19.1. The molecule has 0 bridgehead atoms. The van der Waals surface area contributed by atoms with E-state index in [4.69, 9.17) is 0 Å². The summed E-state index contributed by atoms with van der Waals surface area (Å²) in [7, 11) is 0. The van der Waals surface area contributed by atoms with Crippen LogP contribution >= 0.6 is 0 Å². The van der Waals surface area contributed by atoms with Gasteiger partial charge in [0.05, 0.1) is 11.1 Å². The van der Waals surface area contributed by atoms with Crippen LogP contribution in [0.25, 0.3) is 5.69 Å². The average molecular weight is 343 g/mol. The van der Waals surface area contributed by atoms with Gasteiger partial charge in [0.2, 0.25) is 0 Å². The predicted octanol–water partition coefficient (Wildman–Crippen LogP) is 2.34. The molecular formula is C18H18FN3O3. The number of aromatic nitrogens is 2. The third kappa shape index (κ3) is 2.50. The highest BCUT2D eigenvalue weighted by molar-refractivity contribution is 5.93. The van der Waals surface area contributed by atoms with Crippen molar-refractivity contribution >= 4 is 11.9 Å². The van der Waals surface area contributed by atoms with Crippen LogP contribution in [0, 0.1) is 17.2 Å². The Morgan fingerprint density at radius 1 is 1.24 bits per heavy atom. The van der Waals surface area contributed by atoms with E-state index in [0.717, 1.165) is 12.8 Å². The molecule has 1 saturated heterocycles. The minimum atomic E-state index is -0.804. The summed E-state index contributed by atoms with van der Waals surface area (Å²) < 4.78 is 14.5. The van der Waals surface area contributed by atoms with Gasteiger partial charge >= 0.3 is 5.97 Å². The van der Waals surface area contributed by atoms with E-state index >= 15 is 0 Å². The molecular weight excluding hydrogens is 325 g/mol. The molecule has 1 aromatic heterocycles. The molecule has 0 spiro atoms. The minimum Gasteiger partial charge on any atom is -0.481 e. The van der Waals surface area contributed by atoms with Crippen LogP contribution < -0.4 is 0 Å². The Labute approximate surface area is 143 Å². The van der Waals surface area contributed by atoms with Gasteiger partial charge in [-0.05, 0) is 49.1 Å². The normalized spacial score (nSPS) is 25.2. The lowest BCUT2D eigenvalue weighted by Crippen LogP contribution is -2.37. The maximum absolute atomic E-state index is 13.0. The zero-order valence-corrected chi connectivity index (χ0v) is 13.6. The first-order valence-electron chi connectivity index (χ1n) is 8.34. The fraction of sp³-hybridized carbons (Fsp3) is 0.389. The van der Waals surface area contributed by atoms with E-state index in [1.54, 1.807) is 29.3 Å². The van der Waals surface area contributed by atoms with Crippen molar-refractivity contribution in [1.29, 1.82) is 0 Å². The topological polar surface area (TPSA) is 75.4 Å². The average Bonchev–Trinajstić information content (AvgIpc) is 3.29. The van der Waals surface area contributed by atoms with Gasteiger partial charge in [0.25, 0.3) is 5.91 Å². The fourth-order valence-corrected chi connectivity index (χ4v) is 4.13. The lowest BCUT2D eigenvalue weighted by Gasteiger charge is -2.23. The van der Waals surface area contributed by atoms with E-state index in [-0.39, 0.29) is 29.9 Å². The number of rotatable bonds is 3. The van der Waals surface area contributed by atoms with Crippen molar-refractivity contribution in [3.63, 3.8) is 0 Å². The number of hydrogen-bond acceptors (Lipinski definition) is 3. The Morgan fingerprint density at radius 3 is 2.68 bits per heavy atom. The molecule has 2 aromatic rings. The van der Waals surface area contributed by atoms with Gasteiger partial charge in [-0.15, -0.1) is 0 Å². The highest BCUT2D eigenvalue weighted by Gasteiger charge is 2.55. The number of hydrogen-bond donors (Lipinski definition) is 1. The molecule has 1 N–H and O–H groups in total. The van der Waals surface area contributed by atoms with Crippen LogP contribution in [0.3, 0.4) is 0 Å². The molecule has 1 aliphatic carbocycles. The van der Waals surface area contributed by atoms with E-state index in [0.29, 0.717) is 18.7 Å². The zero-order valence-electron chi connectivity index (χ0n) is 13.6. The molecule has 25 heavy (non-hydrogen) atoms. The lowest BCUT2D eigenvalue weighted by molar-refractivity contribution is -0.149. The number of aliphatic carboxylic acids is 1. The Bertz CT molecular complexity index is 832. The maximum atomic E-state index is 13.0. The second-order valence-electron chi connectivity index (χ2n) is 6.86. The molecule has 2 aliphatic rings. The van der Waals surface area contributed by atoms with E-state index in [1.807, 2.05) is 0 Å². The summed E-state index contributed by atoms with van der Waals surface area (Å²) in [6, 6.07) is 7.42. The van der Waals surface area contributed by atoms with Gasteiger partial charge in [-0.1, -0.05) is 6.42 Å². The molecule has 1 saturated carbocycles. The quantitative estimate of drug-likeness (QED) is 0.928. The van der Waals surface area contributed by atoms with Gasteiger partial charge in [0, 0.05) is 19.3 Å². The molecule has 1 aliphatic heterocycles. The number of halogens is 1. The SMILES string of the molecule is O=C(c1ccn(-c2ccc(F)cc2)n1)N1C[C@@H]2CCC[C@@]2(C(=O)O)C1. The Balaban J connectivity index is 1.55. The smallest absolute Gasteiger partial charge is 0.311 e. The van der Waals surface area contributed by atoms with Crippen molar-refractivity contribution in [3.05, 3.63) is 48.0 Å². The van der Waals surface area contributed by atoms with E-state index in [1.165, 1.54) is 16.8 Å². The van der Waals surface area contributed by atoms with Crippen molar-refractivity contribution in [3.8, 4) is 5.69 Å². The standard InChI is InChI=1S/C18H18FN3O3/c19-13-3-5-14(6-4-13)22-9-7-15(20-22)16(23)21-10-12-2-1-8-18(12,11-21)17(24)25/h3-7,9,12H,1-2,8,10-11H2,(H,24,25)/t12-,18+/m0/s1. The molecule has 0 radical (unpaired) electrons. The van der Waals surface area contributed by atoms with E-state index in [2.05, 4.69) is 5.10 Å². The van der Waals surface area contributed by atoms with Crippen LogP contribution in [0.2, 0.25) is 0 Å². The summed E-state index contributed by atoms with van der Waals surface area (Å²) >= 11 is 0. The Kier molecular flexibility index (Phi) is 3.59. The summed E-state index contributed by atoms with van der Waals surface area (Å²) in [6.07, 6.45) is 4.02. The van der Waals surface area contributed by atoms with Gasteiger partial charge in [-0.3, -0.25) is 9.59 Å². The first kappa shape index (κ1) is 15.8. The van der Waals surface area contributed by atoms with Crippen LogP contribution in [0.4, 0.5) is 4.39 Å². The van der Waals surface area contributed by atoms with Crippen molar-refractivity contribution in [1.82, 2.24) is 14.7 Å². The summed E-state index contributed by atoms with van der Waals surface area (Å²) in [4.78, 5) is 26.1. The number of carboxylic acid groups (broad SMARTS) is 1. The van der Waals surface area contributed by atoms with E-state index < -0.39 is 11.4 Å². The Hall–Kier alpha value is -2.70. The monoisotopic (exact) mass is 343 g/mol. The van der Waals surface area contributed by atoms with Gasteiger partial charge < -0.3 is 10.0 Å². The predicted molar refractivity (Wildman–Crippen MR) is 86.8 cm³/mol. The fourth-order valence-electron chi connectivity index (χ4n) is 4.13. The number of carboxylic acids is 1. The number of amides is 1. The number of fused-ring (bicyclic) bond motifs is 1. The van der Waals surface area contributed by atoms with Crippen molar-refractivity contribution in [2.24, 2.45) is 11.3 Å². The van der Waals surface area contributed by atoms with Gasteiger partial charge in [-0.2, -0.15) is 5.10 Å². The second kappa shape index (κ2) is 5.68. The molecule has 1 amide bonds. The highest BCUT2D eigenvalue weighted by Crippen LogP contribution is 2.49. The van der Waals surface area contributed by atoms with Crippen molar-refractivity contribution in [2.75, 3.05) is 13.1 Å². The molecule has 2 fully saturated rings. The summed E-state index contributed by atoms with van der Waals surface area (Å²) in [5.41, 5.74) is 0.125. The van der Waals surface area contributed by atoms with E-state index in [9.17, 15) is 19.1 Å². The minimum absolute atomic E-state index is 0.0214. The van der Waals surface area contributed by atoms with Crippen molar-refractivity contribution in [2.45, 2.75) is 19.3 Å². The molecule has 2 heterocycles. The number of nitrogens with zero attached hydrogens (tertiary/aromatic N) is 3. The number of carbonyl (C=O) groups is 2. The Morgan fingerprint density at radius 2 is 2.00 bits per heavy atom. The number of likely N-dealkylation sites (tertiary alicyclic amines) is 1. The number of benzene rings is 1. The van der Waals surface area contributed by atoms with Crippen LogP contribution in [-0.2, 0) is 4.79 Å².